The summed E-state index contributed by atoms with van der Waals surface area (Å²) in [6.07, 6.45) is 2.56. The van der Waals surface area contributed by atoms with Gasteiger partial charge in [0.25, 0.3) is 0 Å². The highest BCUT2D eigenvalue weighted by molar-refractivity contribution is 4.91. The molecule has 15 heavy (non-hydrogen) atoms. The van der Waals surface area contributed by atoms with Gasteiger partial charge in [-0.3, -0.25) is 0 Å². The molecule has 0 aromatic carbocycles. The molecule has 1 aromatic heterocycles. The number of hydrogen-bond donors (Lipinski definition) is 1. The van der Waals surface area contributed by atoms with Gasteiger partial charge in [0.05, 0.1) is 6.54 Å². The fourth-order valence-corrected chi connectivity index (χ4v) is 1.33. The first-order chi connectivity index (χ1) is 7.16. The normalized spacial score (nSPS) is 18.4. The van der Waals surface area contributed by atoms with Crippen LogP contribution in [0.15, 0.2) is 4.42 Å². The summed E-state index contributed by atoms with van der Waals surface area (Å²) in [5.41, 5.74) is 0. The molecule has 0 spiro atoms. The Bertz CT molecular complexity index is 317. The summed E-state index contributed by atoms with van der Waals surface area (Å²) < 4.78 is 5.60. The molecule has 1 unspecified atom stereocenters. The Morgan fingerprint density at radius 2 is 2.07 bits per heavy atom. The SMILES string of the molecule is CC(C)C(C)c1nnc(CNC2CC2)o1. The number of nitrogens with zero attached hydrogens (tertiary/aromatic N) is 2. The number of nitrogens with one attached hydrogen (secondary N) is 1. The topological polar surface area (TPSA) is 51.0 Å². The van der Waals surface area contributed by atoms with Gasteiger partial charge in [0.15, 0.2) is 0 Å². The summed E-state index contributed by atoms with van der Waals surface area (Å²) in [4.78, 5) is 0. The Balaban J connectivity index is 1.90. The van der Waals surface area contributed by atoms with Gasteiger partial charge >= 0.3 is 0 Å². The summed E-state index contributed by atoms with van der Waals surface area (Å²) >= 11 is 0. The van der Waals surface area contributed by atoms with Crippen molar-refractivity contribution in [1.82, 2.24) is 15.5 Å². The molecule has 0 saturated heterocycles. The zero-order chi connectivity index (χ0) is 10.8. The van der Waals surface area contributed by atoms with Crippen LogP contribution >= 0.6 is 0 Å². The maximum absolute atomic E-state index is 5.60. The van der Waals surface area contributed by atoms with Crippen molar-refractivity contribution in [2.45, 2.75) is 52.1 Å². The minimum atomic E-state index is 0.340. The first kappa shape index (κ1) is 10.6. The van der Waals surface area contributed by atoms with Crippen molar-refractivity contribution in [1.29, 1.82) is 0 Å². The van der Waals surface area contributed by atoms with Crippen LogP contribution in [0.3, 0.4) is 0 Å². The van der Waals surface area contributed by atoms with Crippen molar-refractivity contribution < 1.29 is 4.42 Å². The second-order valence-electron chi connectivity index (χ2n) is 4.72. The third-order valence-corrected chi connectivity index (χ3v) is 2.99. The molecule has 4 nitrogen and oxygen atoms in total. The van der Waals surface area contributed by atoms with Gasteiger partial charge in [0.1, 0.15) is 0 Å². The highest BCUT2D eigenvalue weighted by Crippen LogP contribution is 2.23. The van der Waals surface area contributed by atoms with Gasteiger partial charge in [0, 0.05) is 12.0 Å². The van der Waals surface area contributed by atoms with E-state index >= 15 is 0 Å². The molecule has 1 fully saturated rings. The number of hydrogen-bond acceptors (Lipinski definition) is 4. The van der Waals surface area contributed by atoms with Gasteiger partial charge in [-0.25, -0.2) is 0 Å². The monoisotopic (exact) mass is 209 g/mol. The highest BCUT2D eigenvalue weighted by Gasteiger charge is 2.22. The van der Waals surface area contributed by atoms with Crippen molar-refractivity contribution >= 4 is 0 Å². The van der Waals surface area contributed by atoms with E-state index in [0.29, 0.717) is 30.3 Å². The molecule has 1 atom stereocenters. The summed E-state index contributed by atoms with van der Waals surface area (Å²) in [6, 6.07) is 0.683. The second-order valence-corrected chi connectivity index (χ2v) is 4.72. The lowest BCUT2D eigenvalue weighted by molar-refractivity contribution is 0.373. The van der Waals surface area contributed by atoms with Crippen molar-refractivity contribution in [3.05, 3.63) is 11.8 Å². The van der Waals surface area contributed by atoms with Crippen molar-refractivity contribution in [3.8, 4) is 0 Å². The van der Waals surface area contributed by atoms with Gasteiger partial charge in [-0.15, -0.1) is 10.2 Å². The molecular formula is C11H19N3O. The molecule has 0 radical (unpaired) electrons. The van der Waals surface area contributed by atoms with E-state index in [9.17, 15) is 0 Å². The van der Waals surface area contributed by atoms with E-state index in [1.54, 1.807) is 0 Å². The van der Waals surface area contributed by atoms with Crippen LogP contribution in [0.2, 0.25) is 0 Å². The lowest BCUT2D eigenvalue weighted by Crippen LogP contribution is -2.15. The lowest BCUT2D eigenvalue weighted by atomic mass is 9.98. The molecule has 84 valence electrons. The van der Waals surface area contributed by atoms with Crippen LogP contribution < -0.4 is 5.32 Å². The van der Waals surface area contributed by atoms with Gasteiger partial charge in [-0.1, -0.05) is 20.8 Å². The fraction of sp³-hybridized carbons (Fsp3) is 0.818. The van der Waals surface area contributed by atoms with Gasteiger partial charge in [-0.05, 0) is 18.8 Å². The summed E-state index contributed by atoms with van der Waals surface area (Å²) in [5, 5.41) is 11.5. The third kappa shape index (κ3) is 2.78. The minimum absolute atomic E-state index is 0.340. The van der Waals surface area contributed by atoms with E-state index in [2.05, 4.69) is 36.3 Å². The van der Waals surface area contributed by atoms with Crippen LogP contribution in [0.5, 0.6) is 0 Å². The van der Waals surface area contributed by atoms with E-state index in [1.807, 2.05) is 0 Å². The van der Waals surface area contributed by atoms with E-state index < -0.39 is 0 Å². The Morgan fingerprint density at radius 3 is 2.67 bits per heavy atom. The predicted molar refractivity (Wildman–Crippen MR) is 57.4 cm³/mol. The van der Waals surface area contributed by atoms with Crippen LogP contribution in [0, 0.1) is 5.92 Å². The molecule has 1 aliphatic rings. The van der Waals surface area contributed by atoms with Crippen molar-refractivity contribution in [3.63, 3.8) is 0 Å². The molecule has 2 rings (SSSR count). The first-order valence-electron chi connectivity index (χ1n) is 5.72. The molecular weight excluding hydrogens is 190 g/mol. The Labute approximate surface area is 90.5 Å². The van der Waals surface area contributed by atoms with Crippen LogP contribution in [-0.2, 0) is 6.54 Å². The molecule has 4 heteroatoms. The lowest BCUT2D eigenvalue weighted by Gasteiger charge is -2.09. The van der Waals surface area contributed by atoms with Crippen molar-refractivity contribution in [2.75, 3.05) is 0 Å². The molecule has 1 aromatic rings. The average molecular weight is 209 g/mol. The van der Waals surface area contributed by atoms with Gasteiger partial charge in [0.2, 0.25) is 11.8 Å². The highest BCUT2D eigenvalue weighted by atomic mass is 16.4. The predicted octanol–water partition coefficient (Wildman–Crippen LogP) is 2.08. The molecule has 1 saturated carbocycles. The standard InChI is InChI=1S/C11H19N3O/c1-7(2)8(3)11-14-13-10(15-11)6-12-9-4-5-9/h7-9,12H,4-6H2,1-3H3. The quantitative estimate of drug-likeness (QED) is 0.806. The molecule has 0 aliphatic heterocycles. The van der Waals surface area contributed by atoms with E-state index in [-0.39, 0.29) is 0 Å². The summed E-state index contributed by atoms with van der Waals surface area (Å²) in [6.45, 7) is 7.16. The van der Waals surface area contributed by atoms with E-state index in [4.69, 9.17) is 4.42 Å². The van der Waals surface area contributed by atoms with E-state index in [0.717, 1.165) is 5.89 Å². The van der Waals surface area contributed by atoms with Crippen LogP contribution in [-0.4, -0.2) is 16.2 Å². The molecule has 0 bridgehead atoms. The van der Waals surface area contributed by atoms with Crippen LogP contribution in [0.4, 0.5) is 0 Å². The Hall–Kier alpha value is -0.900. The minimum Gasteiger partial charge on any atom is -0.424 e. The summed E-state index contributed by atoms with van der Waals surface area (Å²) in [7, 11) is 0. The Kier molecular flexibility index (Phi) is 3.05. The molecule has 1 N–H and O–H groups in total. The van der Waals surface area contributed by atoms with Gasteiger partial charge in [-0.2, -0.15) is 0 Å². The molecule has 0 amide bonds. The second kappa shape index (κ2) is 4.31. The third-order valence-electron chi connectivity index (χ3n) is 2.99. The number of aromatic nitrogens is 2. The number of rotatable bonds is 5. The Morgan fingerprint density at radius 1 is 1.33 bits per heavy atom. The molecule has 1 aliphatic carbocycles. The zero-order valence-corrected chi connectivity index (χ0v) is 9.66. The maximum Gasteiger partial charge on any atom is 0.230 e. The maximum atomic E-state index is 5.60. The molecule has 1 heterocycles. The van der Waals surface area contributed by atoms with Crippen LogP contribution in [0.1, 0.15) is 51.3 Å². The van der Waals surface area contributed by atoms with E-state index in [1.165, 1.54) is 12.8 Å². The van der Waals surface area contributed by atoms with Crippen LogP contribution in [0.25, 0.3) is 0 Å². The fourth-order valence-electron chi connectivity index (χ4n) is 1.33. The van der Waals surface area contributed by atoms with Crippen molar-refractivity contribution in [2.24, 2.45) is 5.92 Å². The van der Waals surface area contributed by atoms with Gasteiger partial charge < -0.3 is 9.73 Å². The largest absolute Gasteiger partial charge is 0.424 e. The first-order valence-corrected chi connectivity index (χ1v) is 5.72. The smallest absolute Gasteiger partial charge is 0.230 e. The average Bonchev–Trinajstić information content (AvgIpc) is 2.92. The summed E-state index contributed by atoms with van der Waals surface area (Å²) in [5.74, 6) is 2.35. The zero-order valence-electron chi connectivity index (χ0n) is 9.66.